The first-order chi connectivity index (χ1) is 13.0. The van der Waals surface area contributed by atoms with E-state index in [-0.39, 0.29) is 12.3 Å². The van der Waals surface area contributed by atoms with Crippen LogP contribution < -0.4 is 14.4 Å². The highest BCUT2D eigenvalue weighted by molar-refractivity contribution is 5.96. The number of amides is 1. The molecule has 0 bridgehead atoms. The van der Waals surface area contributed by atoms with Crippen LogP contribution in [0, 0.1) is 12.8 Å². The van der Waals surface area contributed by atoms with Gasteiger partial charge in [0.25, 0.3) is 0 Å². The minimum absolute atomic E-state index is 0.0869. The zero-order valence-corrected chi connectivity index (χ0v) is 15.6. The van der Waals surface area contributed by atoms with Gasteiger partial charge >= 0.3 is 5.97 Å². The molecule has 1 aliphatic heterocycles. The van der Waals surface area contributed by atoms with E-state index in [9.17, 15) is 14.7 Å². The van der Waals surface area contributed by atoms with Crippen LogP contribution in [0.15, 0.2) is 42.5 Å². The van der Waals surface area contributed by atoms with Crippen molar-refractivity contribution in [3.05, 3.63) is 53.6 Å². The molecule has 1 aliphatic rings. The summed E-state index contributed by atoms with van der Waals surface area (Å²) in [5.74, 6) is -0.657. The van der Waals surface area contributed by atoms with Crippen molar-refractivity contribution in [2.24, 2.45) is 5.92 Å². The van der Waals surface area contributed by atoms with E-state index in [4.69, 9.17) is 9.47 Å². The molecule has 1 N–H and O–H groups in total. The van der Waals surface area contributed by atoms with Gasteiger partial charge in [-0.2, -0.15) is 0 Å². The van der Waals surface area contributed by atoms with Gasteiger partial charge in [0.2, 0.25) is 5.91 Å². The highest BCUT2D eigenvalue weighted by atomic mass is 16.5. The second-order valence-electron chi connectivity index (χ2n) is 6.64. The summed E-state index contributed by atoms with van der Waals surface area (Å²) in [6.07, 6.45) is 0.504. The molecule has 1 amide bonds. The van der Waals surface area contributed by atoms with Crippen molar-refractivity contribution in [2.45, 2.75) is 25.8 Å². The maximum absolute atomic E-state index is 12.8. The molecule has 0 unspecified atom stereocenters. The third-order valence-electron chi connectivity index (χ3n) is 4.98. The van der Waals surface area contributed by atoms with Crippen molar-refractivity contribution in [2.75, 3.05) is 19.1 Å². The van der Waals surface area contributed by atoms with E-state index >= 15 is 0 Å². The summed E-state index contributed by atoms with van der Waals surface area (Å²) >= 11 is 0. The van der Waals surface area contributed by atoms with Crippen LogP contribution in [0.4, 0.5) is 5.69 Å². The molecule has 27 heavy (non-hydrogen) atoms. The van der Waals surface area contributed by atoms with Gasteiger partial charge in [-0.25, -0.2) is 0 Å². The fourth-order valence-electron chi connectivity index (χ4n) is 3.58. The molecule has 142 valence electrons. The van der Waals surface area contributed by atoms with Gasteiger partial charge in [-0.3, -0.25) is 9.59 Å². The summed E-state index contributed by atoms with van der Waals surface area (Å²) in [7, 11) is 3.07. The number of methoxy groups -OCH3 is 2. The summed E-state index contributed by atoms with van der Waals surface area (Å²) in [5, 5.41) is 9.80. The number of rotatable bonds is 5. The molecule has 1 heterocycles. The fourth-order valence-corrected chi connectivity index (χ4v) is 3.58. The second-order valence-corrected chi connectivity index (χ2v) is 6.64. The van der Waals surface area contributed by atoms with Gasteiger partial charge in [0, 0.05) is 12.1 Å². The highest BCUT2D eigenvalue weighted by Gasteiger charge is 2.41. The van der Waals surface area contributed by atoms with E-state index in [1.807, 2.05) is 31.2 Å². The predicted molar refractivity (Wildman–Crippen MR) is 101 cm³/mol. The maximum atomic E-state index is 12.8. The summed E-state index contributed by atoms with van der Waals surface area (Å²) in [6, 6.07) is 12.2. The predicted octanol–water partition coefficient (Wildman–Crippen LogP) is 3.58. The SMILES string of the molecule is COc1ccc([C@H]2[C@@H](C(=O)O)CCC(=O)N2c2ccc(C)cc2)cc1OC. The highest BCUT2D eigenvalue weighted by Crippen LogP contribution is 2.42. The van der Waals surface area contributed by atoms with Gasteiger partial charge < -0.3 is 19.5 Å². The second kappa shape index (κ2) is 7.70. The average molecular weight is 369 g/mol. The summed E-state index contributed by atoms with van der Waals surface area (Å²) in [5.41, 5.74) is 2.46. The minimum Gasteiger partial charge on any atom is -0.493 e. The van der Waals surface area contributed by atoms with E-state index in [1.165, 1.54) is 7.11 Å². The molecule has 2 aromatic carbocycles. The standard InChI is InChI=1S/C21H23NO5/c1-13-4-7-15(8-5-13)22-19(23)11-9-16(21(24)25)20(22)14-6-10-17(26-2)18(12-14)27-3/h4-8,10,12,16,20H,9,11H2,1-3H3,(H,24,25)/t16-,20-/m0/s1. The molecule has 2 aromatic rings. The van der Waals surface area contributed by atoms with Gasteiger partial charge in [0.05, 0.1) is 26.2 Å². The molecular formula is C21H23NO5. The first kappa shape index (κ1) is 18.8. The van der Waals surface area contributed by atoms with Crippen LogP contribution in [0.25, 0.3) is 0 Å². The number of aliphatic carboxylic acids is 1. The Bertz CT molecular complexity index is 846. The largest absolute Gasteiger partial charge is 0.493 e. The third kappa shape index (κ3) is 3.60. The fraction of sp³-hybridized carbons (Fsp3) is 0.333. The summed E-state index contributed by atoms with van der Waals surface area (Å²) in [4.78, 5) is 26.3. The van der Waals surface area contributed by atoms with Gasteiger partial charge in [0.1, 0.15) is 0 Å². The van der Waals surface area contributed by atoms with E-state index in [1.54, 1.807) is 30.2 Å². The number of hydrogen-bond acceptors (Lipinski definition) is 4. The van der Waals surface area contributed by atoms with Crippen LogP contribution in [0.3, 0.4) is 0 Å². The van der Waals surface area contributed by atoms with Crippen molar-refractivity contribution in [1.82, 2.24) is 0 Å². The molecular weight excluding hydrogens is 346 g/mol. The van der Waals surface area contributed by atoms with Gasteiger partial charge in [0.15, 0.2) is 11.5 Å². The van der Waals surface area contributed by atoms with Crippen LogP contribution in [-0.2, 0) is 9.59 Å². The Hall–Kier alpha value is -3.02. The Morgan fingerprint density at radius 3 is 2.33 bits per heavy atom. The van der Waals surface area contributed by atoms with Crippen LogP contribution in [-0.4, -0.2) is 31.2 Å². The normalized spacial score (nSPS) is 19.7. The molecule has 6 heteroatoms. The van der Waals surface area contributed by atoms with E-state index < -0.39 is 17.9 Å². The number of nitrogens with zero attached hydrogens (tertiary/aromatic N) is 1. The first-order valence-corrected chi connectivity index (χ1v) is 8.79. The number of aryl methyl sites for hydroxylation is 1. The Balaban J connectivity index is 2.13. The number of hydrogen-bond donors (Lipinski definition) is 1. The molecule has 1 saturated heterocycles. The smallest absolute Gasteiger partial charge is 0.308 e. The number of piperidine rings is 1. The maximum Gasteiger partial charge on any atom is 0.308 e. The first-order valence-electron chi connectivity index (χ1n) is 8.79. The van der Waals surface area contributed by atoms with E-state index in [0.717, 1.165) is 5.56 Å². The van der Waals surface area contributed by atoms with Crippen molar-refractivity contribution < 1.29 is 24.2 Å². The zero-order valence-electron chi connectivity index (χ0n) is 15.6. The van der Waals surface area contributed by atoms with Crippen LogP contribution in [0.1, 0.15) is 30.0 Å². The van der Waals surface area contributed by atoms with Crippen molar-refractivity contribution >= 4 is 17.6 Å². The quantitative estimate of drug-likeness (QED) is 0.872. The van der Waals surface area contributed by atoms with Gasteiger partial charge in [-0.05, 0) is 43.2 Å². The number of carboxylic acids is 1. The summed E-state index contributed by atoms with van der Waals surface area (Å²) < 4.78 is 10.6. The molecule has 0 saturated carbocycles. The molecule has 1 fully saturated rings. The minimum atomic E-state index is -0.917. The number of ether oxygens (including phenoxy) is 2. The van der Waals surface area contributed by atoms with Crippen LogP contribution >= 0.6 is 0 Å². The monoisotopic (exact) mass is 369 g/mol. The zero-order chi connectivity index (χ0) is 19.6. The van der Waals surface area contributed by atoms with Crippen LogP contribution in [0.2, 0.25) is 0 Å². The lowest BCUT2D eigenvalue weighted by molar-refractivity contribution is -0.144. The number of anilines is 1. The number of carbonyl (C=O) groups excluding carboxylic acids is 1. The molecule has 3 rings (SSSR count). The number of carbonyl (C=O) groups is 2. The van der Waals surface area contributed by atoms with E-state index in [0.29, 0.717) is 29.2 Å². The van der Waals surface area contributed by atoms with E-state index in [2.05, 4.69) is 0 Å². The van der Waals surface area contributed by atoms with Gasteiger partial charge in [-0.1, -0.05) is 23.8 Å². The number of carboxylic acid groups (broad SMARTS) is 1. The Morgan fingerprint density at radius 1 is 1.07 bits per heavy atom. The topological polar surface area (TPSA) is 76.1 Å². The lowest BCUT2D eigenvalue weighted by atomic mass is 9.83. The Kier molecular flexibility index (Phi) is 5.35. The lowest BCUT2D eigenvalue weighted by Gasteiger charge is -2.40. The third-order valence-corrected chi connectivity index (χ3v) is 4.98. The Morgan fingerprint density at radius 2 is 1.74 bits per heavy atom. The summed E-state index contributed by atoms with van der Waals surface area (Å²) in [6.45, 7) is 1.97. The molecule has 0 aliphatic carbocycles. The molecule has 6 nitrogen and oxygen atoms in total. The average Bonchev–Trinajstić information content (AvgIpc) is 2.67. The van der Waals surface area contributed by atoms with Crippen molar-refractivity contribution in [1.29, 1.82) is 0 Å². The van der Waals surface area contributed by atoms with Gasteiger partial charge in [-0.15, -0.1) is 0 Å². The molecule has 2 atom stereocenters. The van der Waals surface area contributed by atoms with Crippen molar-refractivity contribution in [3.63, 3.8) is 0 Å². The Labute approximate surface area is 158 Å². The lowest BCUT2D eigenvalue weighted by Crippen LogP contribution is -2.45. The molecule has 0 radical (unpaired) electrons. The molecule has 0 aromatic heterocycles. The molecule has 0 spiro atoms. The van der Waals surface area contributed by atoms with Crippen LogP contribution in [0.5, 0.6) is 11.5 Å². The van der Waals surface area contributed by atoms with Crippen molar-refractivity contribution in [3.8, 4) is 11.5 Å². The number of benzene rings is 2.